The largest absolute Gasteiger partial charge is 0.301 e. The van der Waals surface area contributed by atoms with Crippen LogP contribution < -0.4 is 0 Å². The topological polar surface area (TPSA) is 20.3 Å². The van der Waals surface area contributed by atoms with Crippen molar-refractivity contribution in [1.82, 2.24) is 4.90 Å². The van der Waals surface area contributed by atoms with Gasteiger partial charge in [-0.2, -0.15) is 11.8 Å². The van der Waals surface area contributed by atoms with E-state index in [0.29, 0.717) is 0 Å². The molecule has 0 radical (unpaired) electrons. The summed E-state index contributed by atoms with van der Waals surface area (Å²) in [4.78, 5) is 14.2. The molecule has 0 saturated carbocycles. The maximum Gasteiger partial charge on any atom is 0.138 e. The van der Waals surface area contributed by atoms with Crippen molar-refractivity contribution in [2.45, 2.75) is 26.7 Å². The van der Waals surface area contributed by atoms with Crippen molar-refractivity contribution in [3.8, 4) is 0 Å². The van der Waals surface area contributed by atoms with Crippen LogP contribution in [0, 0.1) is 0 Å². The van der Waals surface area contributed by atoms with Crippen LogP contribution in [0.4, 0.5) is 0 Å². The first-order valence-corrected chi connectivity index (χ1v) is 8.76. The lowest BCUT2D eigenvalue weighted by Crippen LogP contribution is -2.37. The number of halogens is 1. The summed E-state index contributed by atoms with van der Waals surface area (Å²) in [6, 6.07) is 7.65. The van der Waals surface area contributed by atoms with Crippen molar-refractivity contribution in [3.05, 3.63) is 34.9 Å². The second kappa shape index (κ2) is 9.43. The number of ketones is 1. The molecule has 1 atom stereocenters. The third-order valence-corrected chi connectivity index (χ3v) is 4.50. The number of thioether (sulfide) groups is 1. The van der Waals surface area contributed by atoms with E-state index in [4.69, 9.17) is 11.6 Å². The first-order chi connectivity index (χ1) is 9.66. The van der Waals surface area contributed by atoms with Crippen LogP contribution in [0.15, 0.2) is 24.3 Å². The Labute approximate surface area is 131 Å². The molecule has 1 fully saturated rings. The summed E-state index contributed by atoms with van der Waals surface area (Å²) < 4.78 is 0. The quantitative estimate of drug-likeness (QED) is 0.835. The SMILES string of the molecule is CC.CC(=O)C(CN1CCSCC1)c1ccc(Cl)cc1. The molecular weight excluding hydrogens is 290 g/mol. The predicted octanol–water partition coefficient (Wildman–Crippen LogP) is 4.09. The van der Waals surface area contributed by atoms with Crippen LogP contribution in [-0.2, 0) is 4.79 Å². The highest BCUT2D eigenvalue weighted by Gasteiger charge is 2.21. The van der Waals surface area contributed by atoms with E-state index in [1.165, 1.54) is 11.5 Å². The Balaban J connectivity index is 0.000000956. The molecule has 1 saturated heterocycles. The predicted molar refractivity (Wildman–Crippen MR) is 90.0 cm³/mol. The molecule has 1 aliphatic heterocycles. The molecule has 20 heavy (non-hydrogen) atoms. The van der Waals surface area contributed by atoms with Crippen LogP contribution in [0.3, 0.4) is 0 Å². The molecule has 4 heteroatoms. The van der Waals surface area contributed by atoms with E-state index in [2.05, 4.69) is 4.90 Å². The minimum atomic E-state index is -0.0228. The van der Waals surface area contributed by atoms with Crippen LogP contribution in [0.25, 0.3) is 0 Å². The first kappa shape index (κ1) is 17.5. The number of carbonyl (C=O) groups excluding carboxylic acids is 1. The number of nitrogens with zero attached hydrogens (tertiary/aromatic N) is 1. The molecule has 0 aliphatic carbocycles. The Morgan fingerprint density at radius 3 is 2.30 bits per heavy atom. The zero-order valence-corrected chi connectivity index (χ0v) is 14.1. The first-order valence-electron chi connectivity index (χ1n) is 7.23. The van der Waals surface area contributed by atoms with E-state index in [9.17, 15) is 4.79 Å². The highest BCUT2D eigenvalue weighted by molar-refractivity contribution is 7.99. The standard InChI is InChI=1S/C14H18ClNOS.C2H6/c1-11(17)14(10-16-6-8-18-9-7-16)12-2-4-13(15)5-3-12;1-2/h2-5,14H,6-10H2,1H3;1-2H3. The molecule has 0 aromatic heterocycles. The maximum absolute atomic E-state index is 11.8. The van der Waals surface area contributed by atoms with Gasteiger partial charge in [0.2, 0.25) is 0 Å². The summed E-state index contributed by atoms with van der Waals surface area (Å²) in [6.07, 6.45) is 0. The Kier molecular flexibility index (Phi) is 8.27. The van der Waals surface area contributed by atoms with Crippen LogP contribution in [0.5, 0.6) is 0 Å². The Hall–Kier alpha value is -0.510. The maximum atomic E-state index is 11.8. The molecule has 1 aromatic rings. The summed E-state index contributed by atoms with van der Waals surface area (Å²) in [5.74, 6) is 2.55. The van der Waals surface area contributed by atoms with Gasteiger partial charge in [-0.25, -0.2) is 0 Å². The molecule has 0 amide bonds. The molecule has 2 nitrogen and oxygen atoms in total. The Bertz CT molecular complexity index is 401. The molecule has 2 rings (SSSR count). The van der Waals surface area contributed by atoms with E-state index in [-0.39, 0.29) is 11.7 Å². The van der Waals surface area contributed by atoms with Gasteiger partial charge in [-0.15, -0.1) is 0 Å². The van der Waals surface area contributed by atoms with Gasteiger partial charge in [-0.05, 0) is 24.6 Å². The summed E-state index contributed by atoms with van der Waals surface area (Å²) in [5.41, 5.74) is 1.07. The fraction of sp³-hybridized carbons (Fsp3) is 0.562. The highest BCUT2D eigenvalue weighted by atomic mass is 35.5. The van der Waals surface area contributed by atoms with Crippen LogP contribution in [0.2, 0.25) is 5.02 Å². The molecule has 0 bridgehead atoms. The van der Waals surface area contributed by atoms with Gasteiger partial charge in [0.25, 0.3) is 0 Å². The average molecular weight is 314 g/mol. The Morgan fingerprint density at radius 2 is 1.80 bits per heavy atom. The number of benzene rings is 1. The van der Waals surface area contributed by atoms with Gasteiger partial charge in [-0.1, -0.05) is 37.6 Å². The fourth-order valence-electron chi connectivity index (χ4n) is 2.21. The van der Waals surface area contributed by atoms with Crippen molar-refractivity contribution >= 4 is 29.1 Å². The number of carbonyl (C=O) groups is 1. The molecule has 112 valence electrons. The van der Waals surface area contributed by atoms with Crippen LogP contribution in [0.1, 0.15) is 32.3 Å². The monoisotopic (exact) mass is 313 g/mol. The average Bonchev–Trinajstić information content (AvgIpc) is 2.49. The van der Waals surface area contributed by atoms with Gasteiger partial charge in [0.05, 0.1) is 5.92 Å². The van der Waals surface area contributed by atoms with Crippen molar-refractivity contribution in [2.75, 3.05) is 31.1 Å². The second-order valence-electron chi connectivity index (χ2n) is 4.63. The van der Waals surface area contributed by atoms with E-state index in [1.807, 2.05) is 49.9 Å². The molecule has 1 aromatic carbocycles. The Morgan fingerprint density at radius 1 is 1.25 bits per heavy atom. The van der Waals surface area contributed by atoms with Crippen molar-refractivity contribution in [1.29, 1.82) is 0 Å². The normalized spacial score (nSPS) is 17.0. The van der Waals surface area contributed by atoms with Gasteiger partial charge in [-0.3, -0.25) is 4.79 Å². The van der Waals surface area contributed by atoms with E-state index >= 15 is 0 Å². The summed E-state index contributed by atoms with van der Waals surface area (Å²) in [6.45, 7) is 8.68. The third-order valence-electron chi connectivity index (χ3n) is 3.31. The summed E-state index contributed by atoms with van der Waals surface area (Å²) in [5, 5.41) is 0.718. The van der Waals surface area contributed by atoms with Gasteiger partial charge in [0.15, 0.2) is 0 Å². The lowest BCUT2D eigenvalue weighted by Gasteiger charge is -2.29. The van der Waals surface area contributed by atoms with Gasteiger partial charge in [0.1, 0.15) is 5.78 Å². The minimum absolute atomic E-state index is 0.0228. The lowest BCUT2D eigenvalue weighted by molar-refractivity contribution is -0.118. The summed E-state index contributed by atoms with van der Waals surface area (Å²) >= 11 is 7.88. The summed E-state index contributed by atoms with van der Waals surface area (Å²) in [7, 11) is 0. The van der Waals surface area contributed by atoms with E-state index in [0.717, 1.165) is 30.2 Å². The smallest absolute Gasteiger partial charge is 0.138 e. The molecular formula is C16H24ClNOS. The second-order valence-corrected chi connectivity index (χ2v) is 6.29. The molecule has 1 aliphatic rings. The number of Topliss-reactive ketones (excluding diaryl/α,β-unsaturated/α-hetero) is 1. The minimum Gasteiger partial charge on any atom is -0.301 e. The number of hydrogen-bond donors (Lipinski definition) is 0. The van der Waals surface area contributed by atoms with Crippen molar-refractivity contribution < 1.29 is 4.79 Å². The highest BCUT2D eigenvalue weighted by Crippen LogP contribution is 2.22. The molecule has 1 heterocycles. The van der Waals surface area contributed by atoms with Crippen LogP contribution >= 0.6 is 23.4 Å². The fourth-order valence-corrected chi connectivity index (χ4v) is 3.31. The van der Waals surface area contributed by atoms with Gasteiger partial charge in [0, 0.05) is 36.2 Å². The van der Waals surface area contributed by atoms with Crippen molar-refractivity contribution in [3.63, 3.8) is 0 Å². The number of rotatable bonds is 4. The van der Waals surface area contributed by atoms with Gasteiger partial charge >= 0.3 is 0 Å². The zero-order valence-electron chi connectivity index (χ0n) is 12.6. The lowest BCUT2D eigenvalue weighted by atomic mass is 9.95. The molecule has 0 N–H and O–H groups in total. The van der Waals surface area contributed by atoms with E-state index in [1.54, 1.807) is 6.92 Å². The van der Waals surface area contributed by atoms with Crippen LogP contribution in [-0.4, -0.2) is 41.8 Å². The zero-order chi connectivity index (χ0) is 15.0. The van der Waals surface area contributed by atoms with Crippen molar-refractivity contribution in [2.24, 2.45) is 0 Å². The van der Waals surface area contributed by atoms with Gasteiger partial charge < -0.3 is 4.90 Å². The molecule has 0 spiro atoms. The van der Waals surface area contributed by atoms with E-state index < -0.39 is 0 Å². The third kappa shape index (κ3) is 5.47. The number of hydrogen-bond acceptors (Lipinski definition) is 3. The molecule has 1 unspecified atom stereocenters.